The van der Waals surface area contributed by atoms with Crippen molar-refractivity contribution in [1.29, 1.82) is 0 Å². The minimum absolute atomic E-state index is 0.0729. The minimum Gasteiger partial charge on any atom is -0.294 e. The number of carbonyl (C=O) groups excluding carboxylic acids is 1. The maximum Gasteiger partial charge on any atom is 0.240 e. The van der Waals surface area contributed by atoms with Crippen molar-refractivity contribution in [1.82, 2.24) is 5.43 Å². The first-order valence-corrected chi connectivity index (χ1v) is 5.04. The van der Waals surface area contributed by atoms with Crippen LogP contribution < -0.4 is 11.3 Å². The molecule has 5 fully saturated rings. The molecule has 5 rings (SSSR count). The highest BCUT2D eigenvalue weighted by molar-refractivity contribution is 5.89. The number of hydrazine groups is 1. The van der Waals surface area contributed by atoms with Crippen molar-refractivity contribution in [3.63, 3.8) is 0 Å². The molecule has 3 heteroatoms. The van der Waals surface area contributed by atoms with Crippen LogP contribution >= 0.6 is 0 Å². The molecule has 4 bridgehead atoms. The third-order valence-electron chi connectivity index (χ3n) is 5.72. The summed E-state index contributed by atoms with van der Waals surface area (Å²) < 4.78 is 0. The fraction of sp³-hybridized carbons (Fsp3) is 0.900. The van der Waals surface area contributed by atoms with Gasteiger partial charge in [0.05, 0.1) is 5.41 Å². The first-order valence-electron chi connectivity index (χ1n) is 5.04. The highest BCUT2D eigenvalue weighted by Crippen LogP contribution is 2.93. The molecule has 0 aliphatic heterocycles. The molecule has 3 N–H and O–H groups in total. The second kappa shape index (κ2) is 1.65. The monoisotopic (exact) mass is 180 g/mol. The Balaban J connectivity index is 2.03. The van der Waals surface area contributed by atoms with Gasteiger partial charge in [-0.2, -0.15) is 0 Å². The Hall–Kier alpha value is -0.570. The third-order valence-corrected chi connectivity index (χ3v) is 5.72. The van der Waals surface area contributed by atoms with E-state index in [9.17, 15) is 4.79 Å². The molecule has 0 aromatic carbocycles. The lowest BCUT2D eigenvalue weighted by atomic mass is 9.21. The second-order valence-corrected chi connectivity index (χ2v) is 5.46. The molecule has 0 saturated heterocycles. The van der Waals surface area contributed by atoms with Crippen molar-refractivity contribution < 1.29 is 4.79 Å². The maximum atomic E-state index is 11.7. The van der Waals surface area contributed by atoms with Crippen molar-refractivity contribution >= 4 is 5.91 Å². The van der Waals surface area contributed by atoms with E-state index in [1.807, 2.05) is 0 Å². The van der Waals surface area contributed by atoms with Crippen molar-refractivity contribution in [2.45, 2.75) is 33.1 Å². The standard InChI is InChI=1S/C10H16N2O/c1-8-5-10(7(13)12-11)6(8)3-4-9(8,10)2/h6H,3-5,11H2,1-2H3,(H,12,13). The predicted molar refractivity (Wildman–Crippen MR) is 48.3 cm³/mol. The van der Waals surface area contributed by atoms with Crippen LogP contribution in [0.2, 0.25) is 0 Å². The van der Waals surface area contributed by atoms with Crippen molar-refractivity contribution in [2.75, 3.05) is 0 Å². The summed E-state index contributed by atoms with van der Waals surface area (Å²) in [5.74, 6) is 5.95. The Labute approximate surface area is 78.0 Å². The molecule has 0 aromatic heterocycles. The number of nitrogens with two attached hydrogens (primary N) is 1. The number of nitrogens with one attached hydrogen (secondary N) is 1. The normalized spacial score (nSPS) is 61.0. The number of fused-ring (bicyclic) bond motifs is 1. The molecule has 1 amide bonds. The summed E-state index contributed by atoms with van der Waals surface area (Å²) in [5, 5.41) is 0. The fourth-order valence-electron chi connectivity index (χ4n) is 4.85. The second-order valence-electron chi connectivity index (χ2n) is 5.46. The zero-order valence-electron chi connectivity index (χ0n) is 8.18. The minimum atomic E-state index is -0.0729. The van der Waals surface area contributed by atoms with Crippen LogP contribution in [0, 0.1) is 22.2 Å². The lowest BCUT2D eigenvalue weighted by Gasteiger charge is -2.81. The molecule has 5 aliphatic carbocycles. The molecule has 3 nitrogen and oxygen atoms in total. The molecule has 4 unspecified atom stereocenters. The Morgan fingerprint density at radius 2 is 2.23 bits per heavy atom. The van der Waals surface area contributed by atoms with Gasteiger partial charge in [0.2, 0.25) is 5.91 Å². The average Bonchev–Trinajstić information content (AvgIpc) is 2.48. The molecule has 0 spiro atoms. The van der Waals surface area contributed by atoms with E-state index in [0.29, 0.717) is 11.3 Å². The average molecular weight is 180 g/mol. The summed E-state index contributed by atoms with van der Waals surface area (Å²) in [4.78, 5) is 11.7. The van der Waals surface area contributed by atoms with Crippen LogP contribution in [0.4, 0.5) is 0 Å². The summed E-state index contributed by atoms with van der Waals surface area (Å²) in [7, 11) is 0. The maximum absolute atomic E-state index is 11.7. The van der Waals surface area contributed by atoms with Gasteiger partial charge in [-0.05, 0) is 36.0 Å². The van der Waals surface area contributed by atoms with Crippen LogP contribution in [0.15, 0.2) is 0 Å². The molecule has 0 aromatic rings. The lowest BCUT2D eigenvalue weighted by Crippen LogP contribution is -2.82. The van der Waals surface area contributed by atoms with Gasteiger partial charge in [-0.1, -0.05) is 13.8 Å². The summed E-state index contributed by atoms with van der Waals surface area (Å²) in [6, 6.07) is 0. The van der Waals surface area contributed by atoms with E-state index < -0.39 is 0 Å². The smallest absolute Gasteiger partial charge is 0.240 e. The Morgan fingerprint density at radius 3 is 2.62 bits per heavy atom. The van der Waals surface area contributed by atoms with Gasteiger partial charge < -0.3 is 0 Å². The van der Waals surface area contributed by atoms with E-state index in [-0.39, 0.29) is 16.7 Å². The fourth-order valence-corrected chi connectivity index (χ4v) is 4.85. The van der Waals surface area contributed by atoms with E-state index in [4.69, 9.17) is 5.84 Å². The Kier molecular flexibility index (Phi) is 0.991. The zero-order chi connectivity index (χ0) is 9.48. The van der Waals surface area contributed by atoms with Crippen molar-refractivity contribution in [3.05, 3.63) is 0 Å². The largest absolute Gasteiger partial charge is 0.294 e. The molecule has 4 atom stereocenters. The molecule has 72 valence electrons. The first kappa shape index (κ1) is 7.80. The number of rotatable bonds is 1. The molecular weight excluding hydrogens is 164 g/mol. The van der Waals surface area contributed by atoms with Gasteiger partial charge in [0.25, 0.3) is 0 Å². The number of hydrogen-bond acceptors (Lipinski definition) is 2. The summed E-state index contributed by atoms with van der Waals surface area (Å²) in [6.45, 7) is 4.59. The Morgan fingerprint density at radius 1 is 1.54 bits per heavy atom. The number of carbonyl (C=O) groups is 1. The highest BCUT2D eigenvalue weighted by Gasteiger charge is 2.91. The topological polar surface area (TPSA) is 55.1 Å². The van der Waals surface area contributed by atoms with E-state index in [2.05, 4.69) is 19.3 Å². The van der Waals surface area contributed by atoms with E-state index >= 15 is 0 Å². The summed E-state index contributed by atoms with van der Waals surface area (Å²) in [6.07, 6.45) is 3.49. The van der Waals surface area contributed by atoms with Crippen LogP contribution in [-0.2, 0) is 4.79 Å². The molecule has 5 aliphatic rings. The molecule has 13 heavy (non-hydrogen) atoms. The van der Waals surface area contributed by atoms with Gasteiger partial charge >= 0.3 is 0 Å². The third kappa shape index (κ3) is 0.416. The SMILES string of the molecule is CC12CC3(C(=O)NN)C1CCC23C. The number of hydrogen-bond donors (Lipinski definition) is 2. The van der Waals surface area contributed by atoms with Crippen LogP contribution in [0.3, 0.4) is 0 Å². The summed E-state index contributed by atoms with van der Waals surface area (Å²) in [5.41, 5.74) is 2.99. The first-order chi connectivity index (χ1) is 6.03. The van der Waals surface area contributed by atoms with Gasteiger partial charge in [0.1, 0.15) is 0 Å². The highest BCUT2D eigenvalue weighted by atomic mass is 16.2. The quantitative estimate of drug-likeness (QED) is 0.356. The van der Waals surface area contributed by atoms with Gasteiger partial charge in [0.15, 0.2) is 0 Å². The van der Waals surface area contributed by atoms with Gasteiger partial charge in [0, 0.05) is 0 Å². The van der Waals surface area contributed by atoms with E-state index in [0.717, 1.165) is 6.42 Å². The number of amides is 1. The molecule has 5 saturated carbocycles. The van der Waals surface area contributed by atoms with Gasteiger partial charge in [-0.25, -0.2) is 5.84 Å². The van der Waals surface area contributed by atoms with Crippen LogP contribution in [0.25, 0.3) is 0 Å². The van der Waals surface area contributed by atoms with E-state index in [1.54, 1.807) is 0 Å². The van der Waals surface area contributed by atoms with Gasteiger partial charge in [-0.3, -0.25) is 10.2 Å². The zero-order valence-corrected chi connectivity index (χ0v) is 8.18. The van der Waals surface area contributed by atoms with Crippen LogP contribution in [-0.4, -0.2) is 5.91 Å². The molecular formula is C10H16N2O. The van der Waals surface area contributed by atoms with Crippen LogP contribution in [0.5, 0.6) is 0 Å². The molecule has 0 heterocycles. The lowest BCUT2D eigenvalue weighted by molar-refractivity contribution is -0.328. The predicted octanol–water partition coefficient (Wildman–Crippen LogP) is 0.803. The van der Waals surface area contributed by atoms with E-state index in [1.165, 1.54) is 12.8 Å². The summed E-state index contributed by atoms with van der Waals surface area (Å²) >= 11 is 0. The van der Waals surface area contributed by atoms with Crippen molar-refractivity contribution in [2.24, 2.45) is 28.0 Å². The molecule has 0 radical (unpaired) electrons. The van der Waals surface area contributed by atoms with Crippen LogP contribution in [0.1, 0.15) is 33.1 Å². The Bertz CT molecular complexity index is 316. The van der Waals surface area contributed by atoms with Gasteiger partial charge in [-0.15, -0.1) is 0 Å². The van der Waals surface area contributed by atoms with Crippen molar-refractivity contribution in [3.8, 4) is 0 Å².